The second-order valence-electron chi connectivity index (χ2n) is 4.27. The largest absolute Gasteiger partial charge is 0.325 e. The fraction of sp³-hybridized carbons (Fsp3) is 0.364. The van der Waals surface area contributed by atoms with Crippen molar-refractivity contribution in [2.75, 3.05) is 18.4 Å². The van der Waals surface area contributed by atoms with Crippen molar-refractivity contribution in [1.29, 1.82) is 0 Å². The predicted octanol–water partition coefficient (Wildman–Crippen LogP) is 2.18. The number of hydrogen-bond acceptors (Lipinski definition) is 2. The highest BCUT2D eigenvalue weighted by Crippen LogP contribution is 2.44. The summed E-state index contributed by atoms with van der Waals surface area (Å²) in [5, 5.41) is 7.08. The maximum absolute atomic E-state index is 12.0. The Morgan fingerprint density at radius 3 is 2.69 bits per heavy atom. The number of nitrogens with one attached hydrogen (secondary N) is 2. The number of amides is 1. The van der Waals surface area contributed by atoms with Crippen LogP contribution in [0.5, 0.6) is 0 Å². The molecule has 1 amide bonds. The fourth-order valence-electron chi connectivity index (χ4n) is 2.53. The molecule has 2 N–H and O–H groups in total. The Kier molecular flexibility index (Phi) is 2.18. The monoisotopic (exact) mass is 256 g/mol. The highest BCUT2D eigenvalue weighted by Gasteiger charge is 2.48. The van der Waals surface area contributed by atoms with E-state index in [0.29, 0.717) is 16.6 Å². The summed E-state index contributed by atoms with van der Waals surface area (Å²) in [6.45, 7) is 1.52. The van der Waals surface area contributed by atoms with Gasteiger partial charge in [0.1, 0.15) is 0 Å². The lowest BCUT2D eigenvalue weighted by Crippen LogP contribution is -2.36. The van der Waals surface area contributed by atoms with Gasteiger partial charge in [0, 0.05) is 12.2 Å². The highest BCUT2D eigenvalue weighted by molar-refractivity contribution is 6.42. The van der Waals surface area contributed by atoms with Gasteiger partial charge < -0.3 is 10.6 Å². The third kappa shape index (κ3) is 1.22. The van der Waals surface area contributed by atoms with Crippen LogP contribution in [0.4, 0.5) is 5.69 Å². The minimum Gasteiger partial charge on any atom is -0.325 e. The van der Waals surface area contributed by atoms with Gasteiger partial charge in [-0.05, 0) is 30.7 Å². The normalized spacial score (nSPS) is 27.2. The maximum atomic E-state index is 12.0. The second kappa shape index (κ2) is 3.36. The average molecular weight is 257 g/mol. The third-order valence-corrected chi connectivity index (χ3v) is 4.14. The number of fused-ring (bicyclic) bond motifs is 2. The summed E-state index contributed by atoms with van der Waals surface area (Å²) < 4.78 is 0. The smallest absolute Gasteiger partial charge is 0.236 e. The van der Waals surface area contributed by atoms with Crippen molar-refractivity contribution in [2.24, 2.45) is 0 Å². The molecule has 16 heavy (non-hydrogen) atoms. The van der Waals surface area contributed by atoms with Crippen molar-refractivity contribution in [3.8, 4) is 0 Å². The summed E-state index contributed by atoms with van der Waals surface area (Å²) in [5.74, 6) is 0.0471. The minimum absolute atomic E-state index is 0.0471. The van der Waals surface area contributed by atoms with Gasteiger partial charge in [0.2, 0.25) is 5.91 Å². The van der Waals surface area contributed by atoms with Gasteiger partial charge >= 0.3 is 0 Å². The molecule has 3 rings (SSSR count). The zero-order valence-electron chi connectivity index (χ0n) is 8.44. The highest BCUT2D eigenvalue weighted by atomic mass is 35.5. The molecule has 0 radical (unpaired) electrons. The van der Waals surface area contributed by atoms with Crippen molar-refractivity contribution < 1.29 is 4.79 Å². The van der Waals surface area contributed by atoms with E-state index in [1.807, 2.05) is 6.07 Å². The molecule has 2 aliphatic rings. The van der Waals surface area contributed by atoms with E-state index < -0.39 is 5.41 Å². The van der Waals surface area contributed by atoms with Crippen molar-refractivity contribution in [3.63, 3.8) is 0 Å². The van der Waals surface area contributed by atoms with Crippen molar-refractivity contribution in [1.82, 2.24) is 5.32 Å². The van der Waals surface area contributed by atoms with Crippen LogP contribution in [-0.4, -0.2) is 19.0 Å². The zero-order valence-corrected chi connectivity index (χ0v) is 9.95. The Balaban J connectivity index is 2.20. The topological polar surface area (TPSA) is 41.1 Å². The van der Waals surface area contributed by atoms with E-state index in [9.17, 15) is 4.79 Å². The van der Waals surface area contributed by atoms with E-state index in [-0.39, 0.29) is 5.91 Å². The van der Waals surface area contributed by atoms with Crippen molar-refractivity contribution in [2.45, 2.75) is 11.8 Å². The number of carbonyl (C=O) groups excluding carboxylic acids is 1. The van der Waals surface area contributed by atoms with Gasteiger partial charge in [-0.1, -0.05) is 23.2 Å². The molecule has 5 heteroatoms. The zero-order chi connectivity index (χ0) is 11.3. The van der Waals surface area contributed by atoms with E-state index in [1.165, 1.54) is 0 Å². The van der Waals surface area contributed by atoms with Gasteiger partial charge in [0.25, 0.3) is 0 Å². The summed E-state index contributed by atoms with van der Waals surface area (Å²) in [6, 6.07) is 3.54. The van der Waals surface area contributed by atoms with E-state index in [0.717, 1.165) is 24.2 Å². The van der Waals surface area contributed by atoms with Gasteiger partial charge in [-0.2, -0.15) is 0 Å². The molecule has 1 fully saturated rings. The molecule has 84 valence electrons. The molecule has 1 saturated heterocycles. The molecular weight excluding hydrogens is 247 g/mol. The lowest BCUT2D eigenvalue weighted by atomic mass is 9.81. The van der Waals surface area contributed by atoms with Crippen LogP contribution in [0.25, 0.3) is 0 Å². The number of hydrogen-bond donors (Lipinski definition) is 2. The summed E-state index contributed by atoms with van der Waals surface area (Å²) in [4.78, 5) is 12.0. The molecule has 1 unspecified atom stereocenters. The Bertz CT molecular complexity index is 481. The number of benzene rings is 1. The summed E-state index contributed by atoms with van der Waals surface area (Å²) in [7, 11) is 0. The SMILES string of the molecule is O=C1Nc2cc(Cl)c(Cl)cc2C12CCNC2. The van der Waals surface area contributed by atoms with E-state index in [2.05, 4.69) is 10.6 Å². The van der Waals surface area contributed by atoms with Gasteiger partial charge in [0.15, 0.2) is 0 Å². The molecule has 2 aliphatic heterocycles. The maximum Gasteiger partial charge on any atom is 0.236 e. The fourth-order valence-corrected chi connectivity index (χ4v) is 2.85. The third-order valence-electron chi connectivity index (χ3n) is 3.41. The molecule has 0 bridgehead atoms. The van der Waals surface area contributed by atoms with E-state index >= 15 is 0 Å². The lowest BCUT2D eigenvalue weighted by molar-refractivity contribution is -0.120. The first-order valence-electron chi connectivity index (χ1n) is 5.15. The number of carbonyl (C=O) groups is 1. The number of halogens is 2. The quantitative estimate of drug-likeness (QED) is 0.747. The molecular formula is C11H10Cl2N2O. The first-order chi connectivity index (χ1) is 7.63. The summed E-state index contributed by atoms with van der Waals surface area (Å²) >= 11 is 11.9. The van der Waals surface area contributed by atoms with Crippen LogP contribution >= 0.6 is 23.2 Å². The molecule has 0 saturated carbocycles. The lowest BCUT2D eigenvalue weighted by Gasteiger charge is -2.19. The summed E-state index contributed by atoms with van der Waals surface area (Å²) in [6.07, 6.45) is 0.809. The van der Waals surface area contributed by atoms with Gasteiger partial charge in [-0.3, -0.25) is 4.79 Å². The van der Waals surface area contributed by atoms with Gasteiger partial charge in [-0.25, -0.2) is 0 Å². The summed E-state index contributed by atoms with van der Waals surface area (Å²) in [5.41, 5.74) is 1.32. The minimum atomic E-state index is -0.441. The van der Waals surface area contributed by atoms with Gasteiger partial charge in [-0.15, -0.1) is 0 Å². The predicted molar refractivity (Wildman–Crippen MR) is 64.3 cm³/mol. The first-order valence-corrected chi connectivity index (χ1v) is 5.91. The first kappa shape index (κ1) is 10.4. The van der Waals surface area contributed by atoms with Crippen LogP contribution < -0.4 is 10.6 Å². The molecule has 0 aromatic heterocycles. The molecule has 2 heterocycles. The standard InChI is InChI=1S/C11H10Cl2N2O/c12-7-3-6-9(4-8(7)13)15-10(16)11(6)1-2-14-5-11/h3-4,14H,1-2,5H2,(H,15,16). The molecule has 3 nitrogen and oxygen atoms in total. The van der Waals surface area contributed by atoms with E-state index in [4.69, 9.17) is 23.2 Å². The molecule has 1 aromatic rings. The molecule has 0 aliphatic carbocycles. The van der Waals surface area contributed by atoms with Crippen molar-refractivity contribution >= 4 is 34.8 Å². The Morgan fingerprint density at radius 2 is 2.00 bits per heavy atom. The molecule has 1 atom stereocenters. The Hall–Kier alpha value is -0.770. The van der Waals surface area contributed by atoms with Gasteiger partial charge in [0.05, 0.1) is 15.5 Å². The number of rotatable bonds is 0. The van der Waals surface area contributed by atoms with Crippen LogP contribution in [-0.2, 0) is 10.2 Å². The van der Waals surface area contributed by atoms with Crippen molar-refractivity contribution in [3.05, 3.63) is 27.7 Å². The van der Waals surface area contributed by atoms with Crippen LogP contribution in [0.3, 0.4) is 0 Å². The average Bonchev–Trinajstić information content (AvgIpc) is 2.80. The van der Waals surface area contributed by atoms with Crippen LogP contribution in [0.15, 0.2) is 12.1 Å². The number of anilines is 1. The molecule has 1 aromatic carbocycles. The van der Waals surface area contributed by atoms with E-state index in [1.54, 1.807) is 6.07 Å². The van der Waals surface area contributed by atoms with Crippen LogP contribution in [0.1, 0.15) is 12.0 Å². The van der Waals surface area contributed by atoms with Crippen LogP contribution in [0.2, 0.25) is 10.0 Å². The second-order valence-corrected chi connectivity index (χ2v) is 5.09. The van der Waals surface area contributed by atoms with Crippen LogP contribution in [0, 0.1) is 0 Å². The molecule has 1 spiro atoms. The Labute approximate surface area is 103 Å². The Morgan fingerprint density at radius 1 is 1.25 bits per heavy atom.